The van der Waals surface area contributed by atoms with E-state index in [9.17, 15) is 13.6 Å². The van der Waals surface area contributed by atoms with Crippen molar-refractivity contribution in [2.75, 3.05) is 0 Å². The van der Waals surface area contributed by atoms with Gasteiger partial charge in [-0.05, 0) is 43.4 Å². The Hall–Kier alpha value is -2.89. The van der Waals surface area contributed by atoms with Gasteiger partial charge in [-0.3, -0.25) is 4.79 Å². The number of rotatable bonds is 6. The molecule has 144 valence electrons. The Labute approximate surface area is 161 Å². The van der Waals surface area contributed by atoms with Crippen LogP contribution >= 0.6 is 0 Å². The Balaban J connectivity index is 1.68. The second kappa shape index (κ2) is 6.93. The first kappa shape index (κ1) is 18.5. The molecule has 1 saturated carbocycles. The summed E-state index contributed by atoms with van der Waals surface area (Å²) < 4.78 is 32.7. The molecule has 1 aromatic heterocycles. The van der Waals surface area contributed by atoms with Crippen LogP contribution < -0.4 is 0 Å². The number of carbonyl (C=O) groups is 1. The van der Waals surface area contributed by atoms with Gasteiger partial charge in [0.25, 0.3) is 5.92 Å². The number of Topliss-reactive ketones (excluding diaryl/α,β-unsaturated/α-hetero) is 1. The van der Waals surface area contributed by atoms with Crippen molar-refractivity contribution < 1.29 is 18.0 Å². The van der Waals surface area contributed by atoms with Crippen molar-refractivity contribution in [1.29, 1.82) is 0 Å². The Kier molecular flexibility index (Phi) is 4.57. The third-order valence-electron chi connectivity index (χ3n) is 4.97. The molecular weight excluding hydrogens is 362 g/mol. The Morgan fingerprint density at radius 2 is 1.86 bits per heavy atom. The van der Waals surface area contributed by atoms with Crippen molar-refractivity contribution in [2.24, 2.45) is 0 Å². The molecule has 3 aromatic rings. The smallest absolute Gasteiger partial charge is 0.270 e. The van der Waals surface area contributed by atoms with E-state index in [1.807, 2.05) is 6.07 Å². The van der Waals surface area contributed by atoms with Crippen molar-refractivity contribution in [2.45, 2.75) is 45.0 Å². The third-order valence-corrected chi connectivity index (χ3v) is 4.97. The Bertz CT molecular complexity index is 1020. The average molecular weight is 382 g/mol. The van der Waals surface area contributed by atoms with E-state index >= 15 is 0 Å². The average Bonchev–Trinajstić information content (AvgIpc) is 3.39. The van der Waals surface area contributed by atoms with E-state index in [1.165, 1.54) is 19.1 Å². The highest BCUT2D eigenvalue weighted by Crippen LogP contribution is 2.40. The summed E-state index contributed by atoms with van der Waals surface area (Å²) in [5, 5.41) is 8.30. The van der Waals surface area contributed by atoms with Crippen LogP contribution in [0.25, 0.3) is 11.5 Å². The molecule has 0 amide bonds. The Morgan fingerprint density at radius 3 is 2.46 bits per heavy atom. The van der Waals surface area contributed by atoms with Gasteiger partial charge in [0.2, 0.25) is 11.8 Å². The maximum Gasteiger partial charge on any atom is 0.270 e. The fourth-order valence-corrected chi connectivity index (χ4v) is 3.12. The highest BCUT2D eigenvalue weighted by Gasteiger charge is 2.30. The summed E-state index contributed by atoms with van der Waals surface area (Å²) >= 11 is 0. The molecule has 0 saturated heterocycles. The zero-order chi connectivity index (χ0) is 19.9. The van der Waals surface area contributed by atoms with Gasteiger partial charge in [-0.1, -0.05) is 36.4 Å². The number of carbonyl (C=O) groups excluding carboxylic acids is 1. The van der Waals surface area contributed by atoms with E-state index in [1.54, 1.807) is 24.3 Å². The van der Waals surface area contributed by atoms with Crippen LogP contribution in [0.3, 0.4) is 0 Å². The lowest BCUT2D eigenvalue weighted by Crippen LogP contribution is -2.06. The summed E-state index contributed by atoms with van der Waals surface area (Å²) in [4.78, 5) is 11.8. The minimum atomic E-state index is -2.87. The zero-order valence-corrected chi connectivity index (χ0v) is 15.7. The summed E-state index contributed by atoms with van der Waals surface area (Å²) in [6.07, 6.45) is 2.61. The molecule has 1 aliphatic carbocycles. The maximum absolute atomic E-state index is 13.4. The lowest BCUT2D eigenvalue weighted by Gasteiger charge is -2.12. The number of hydrogen-bond acceptors (Lipinski definition) is 4. The molecule has 28 heavy (non-hydrogen) atoms. The molecule has 0 unspecified atom stereocenters. The Morgan fingerprint density at radius 1 is 1.14 bits per heavy atom. The first-order valence-corrected chi connectivity index (χ1v) is 9.26. The maximum atomic E-state index is 13.4. The molecule has 0 spiro atoms. The van der Waals surface area contributed by atoms with Gasteiger partial charge in [0.15, 0.2) is 5.78 Å². The molecule has 1 fully saturated rings. The van der Waals surface area contributed by atoms with Crippen LogP contribution in [0.5, 0.6) is 0 Å². The van der Waals surface area contributed by atoms with E-state index in [2.05, 4.69) is 10.2 Å². The predicted molar refractivity (Wildman–Crippen MR) is 101 cm³/mol. The van der Waals surface area contributed by atoms with Gasteiger partial charge in [-0.2, -0.15) is 0 Å². The molecule has 1 heterocycles. The van der Waals surface area contributed by atoms with Gasteiger partial charge in [0, 0.05) is 29.5 Å². The van der Waals surface area contributed by atoms with E-state index in [4.69, 9.17) is 4.42 Å². The number of nitrogens with zero attached hydrogens (tertiary/aromatic N) is 2. The number of halogens is 2. The lowest BCUT2D eigenvalue weighted by atomic mass is 9.95. The van der Waals surface area contributed by atoms with Crippen molar-refractivity contribution in [1.82, 2.24) is 10.2 Å². The quantitative estimate of drug-likeness (QED) is 0.527. The number of ketones is 1. The summed E-state index contributed by atoms with van der Waals surface area (Å²) in [5.74, 6) is -1.57. The van der Waals surface area contributed by atoms with E-state index in [0.717, 1.165) is 30.9 Å². The molecule has 0 atom stereocenters. The van der Waals surface area contributed by atoms with Gasteiger partial charge in [-0.15, -0.1) is 10.2 Å². The summed E-state index contributed by atoms with van der Waals surface area (Å²) in [7, 11) is 0. The fourth-order valence-electron chi connectivity index (χ4n) is 3.12. The fraction of sp³-hybridized carbons (Fsp3) is 0.318. The van der Waals surface area contributed by atoms with Crippen molar-refractivity contribution in [3.63, 3.8) is 0 Å². The number of alkyl halides is 2. The molecule has 0 N–H and O–H groups in total. The minimum absolute atomic E-state index is 0.0191. The van der Waals surface area contributed by atoms with Crippen molar-refractivity contribution >= 4 is 5.78 Å². The topological polar surface area (TPSA) is 56.0 Å². The summed E-state index contributed by atoms with van der Waals surface area (Å²) in [6, 6.07) is 11.6. The van der Waals surface area contributed by atoms with Gasteiger partial charge in [0.05, 0.1) is 0 Å². The number of hydrogen-bond donors (Lipinski definition) is 0. The molecule has 2 aromatic carbocycles. The highest BCUT2D eigenvalue weighted by molar-refractivity contribution is 5.95. The SMILES string of the molecule is CC(=O)c1ccc(Cc2ccc(C(C)(F)F)cc2)c(-c2nnc(C3CC3)o2)c1. The van der Waals surface area contributed by atoms with Gasteiger partial charge in [-0.25, -0.2) is 8.78 Å². The lowest BCUT2D eigenvalue weighted by molar-refractivity contribution is 0.0174. The first-order chi connectivity index (χ1) is 13.3. The molecule has 0 radical (unpaired) electrons. The van der Waals surface area contributed by atoms with Crippen LogP contribution in [-0.2, 0) is 12.3 Å². The molecule has 0 bridgehead atoms. The number of aromatic nitrogens is 2. The van der Waals surface area contributed by atoms with Crippen LogP contribution in [0.2, 0.25) is 0 Å². The summed E-state index contributed by atoms with van der Waals surface area (Å²) in [5.41, 5.74) is 3.02. The van der Waals surface area contributed by atoms with Crippen molar-refractivity contribution in [3.8, 4) is 11.5 Å². The van der Waals surface area contributed by atoms with Gasteiger partial charge >= 0.3 is 0 Å². The predicted octanol–water partition coefficient (Wildman–Crippen LogP) is 5.52. The molecule has 4 nitrogen and oxygen atoms in total. The van der Waals surface area contributed by atoms with E-state index in [-0.39, 0.29) is 11.3 Å². The first-order valence-electron chi connectivity index (χ1n) is 9.26. The van der Waals surface area contributed by atoms with Crippen LogP contribution in [0.4, 0.5) is 8.78 Å². The second-order valence-electron chi connectivity index (χ2n) is 7.41. The highest BCUT2D eigenvalue weighted by atomic mass is 19.3. The van der Waals surface area contributed by atoms with Crippen LogP contribution in [0.15, 0.2) is 46.9 Å². The van der Waals surface area contributed by atoms with Crippen molar-refractivity contribution in [3.05, 3.63) is 70.6 Å². The summed E-state index contributed by atoms with van der Waals surface area (Å²) in [6.45, 7) is 2.39. The van der Waals surface area contributed by atoms with Crippen LogP contribution in [-0.4, -0.2) is 16.0 Å². The van der Waals surface area contributed by atoms with E-state index < -0.39 is 5.92 Å². The normalized spacial score (nSPS) is 14.3. The van der Waals surface area contributed by atoms with Crippen LogP contribution in [0, 0.1) is 0 Å². The molecule has 6 heteroatoms. The third kappa shape index (κ3) is 3.86. The minimum Gasteiger partial charge on any atom is -0.420 e. The van der Waals surface area contributed by atoms with Gasteiger partial charge < -0.3 is 4.42 Å². The zero-order valence-electron chi connectivity index (χ0n) is 15.7. The van der Waals surface area contributed by atoms with E-state index in [0.29, 0.717) is 35.2 Å². The molecule has 1 aliphatic rings. The van der Waals surface area contributed by atoms with Gasteiger partial charge in [0.1, 0.15) is 0 Å². The standard InChI is InChI=1S/C22H20F2N2O2/c1-13(27)16-7-8-17(11-14-3-9-18(10-4-14)22(2,23)24)19(12-16)21-26-25-20(28-21)15-5-6-15/h3-4,7-10,12,15H,5-6,11H2,1-2H3. The molecule has 4 rings (SSSR count). The molecule has 0 aliphatic heterocycles. The largest absolute Gasteiger partial charge is 0.420 e. The monoisotopic (exact) mass is 382 g/mol. The second-order valence-corrected chi connectivity index (χ2v) is 7.41. The van der Waals surface area contributed by atoms with Crippen LogP contribution in [0.1, 0.15) is 65.5 Å². The molecular formula is C22H20F2N2O2. The number of benzene rings is 2.